The van der Waals surface area contributed by atoms with Crippen LogP contribution in [-0.4, -0.2) is 25.0 Å². The highest BCUT2D eigenvalue weighted by atomic mass is 16.5. The van der Waals surface area contributed by atoms with Crippen molar-refractivity contribution in [1.82, 2.24) is 10.3 Å². The Bertz CT molecular complexity index is 880. The molecule has 0 atom stereocenters. The Morgan fingerprint density at radius 3 is 2.48 bits per heavy atom. The van der Waals surface area contributed by atoms with Crippen LogP contribution in [0.1, 0.15) is 21.5 Å². The number of carbonyl (C=O) groups is 1. The minimum Gasteiger partial charge on any atom is -0.497 e. The van der Waals surface area contributed by atoms with Gasteiger partial charge in [-0.25, -0.2) is 0 Å². The van der Waals surface area contributed by atoms with Crippen LogP contribution in [-0.2, 0) is 13.1 Å². The summed E-state index contributed by atoms with van der Waals surface area (Å²) >= 11 is 0. The van der Waals surface area contributed by atoms with E-state index in [1.165, 1.54) is 5.56 Å². The first-order valence-electron chi connectivity index (χ1n) is 8.77. The number of amides is 1. The summed E-state index contributed by atoms with van der Waals surface area (Å²) in [5.41, 5.74) is 3.65. The molecule has 0 fully saturated rings. The molecule has 3 rings (SSSR count). The largest absolute Gasteiger partial charge is 0.497 e. The Balaban J connectivity index is 1.62. The number of carbonyl (C=O) groups excluding carboxylic acids is 1. The molecular formula is C22H23N3O2. The molecule has 0 aliphatic rings. The zero-order valence-electron chi connectivity index (χ0n) is 15.6. The number of rotatable bonds is 7. The number of hydrogen-bond donors (Lipinski definition) is 1. The summed E-state index contributed by atoms with van der Waals surface area (Å²) in [6.07, 6.45) is 3.35. The van der Waals surface area contributed by atoms with Gasteiger partial charge in [0.25, 0.3) is 5.91 Å². The smallest absolute Gasteiger partial charge is 0.253 e. The Kier molecular flexibility index (Phi) is 6.05. The van der Waals surface area contributed by atoms with Gasteiger partial charge in [0.15, 0.2) is 0 Å². The summed E-state index contributed by atoms with van der Waals surface area (Å²) in [6.45, 7) is 1.20. The third kappa shape index (κ3) is 5.07. The van der Waals surface area contributed by atoms with E-state index in [1.54, 1.807) is 19.5 Å². The monoisotopic (exact) mass is 361 g/mol. The van der Waals surface area contributed by atoms with Crippen LogP contribution < -0.4 is 15.0 Å². The first-order valence-corrected chi connectivity index (χ1v) is 8.77. The lowest BCUT2D eigenvalue weighted by atomic mass is 10.2. The normalized spacial score (nSPS) is 10.3. The fourth-order valence-electron chi connectivity index (χ4n) is 2.74. The van der Waals surface area contributed by atoms with Gasteiger partial charge in [0, 0.05) is 26.3 Å². The molecular weight excluding hydrogens is 338 g/mol. The number of benzene rings is 2. The number of hydrogen-bond acceptors (Lipinski definition) is 4. The lowest BCUT2D eigenvalue weighted by Gasteiger charge is -2.19. The van der Waals surface area contributed by atoms with E-state index in [4.69, 9.17) is 4.74 Å². The Labute approximate surface area is 159 Å². The highest BCUT2D eigenvalue weighted by Crippen LogP contribution is 2.16. The van der Waals surface area contributed by atoms with E-state index < -0.39 is 0 Å². The number of nitrogens with one attached hydrogen (secondary N) is 1. The standard InChI is InChI=1S/C22H23N3O2/c1-25(16-18-6-4-3-5-7-18)20-12-19(14-23-15-20)22(26)24-13-17-8-10-21(27-2)11-9-17/h3-12,14-15H,13,16H2,1-2H3,(H,24,26). The van der Waals surface area contributed by atoms with Crippen LogP contribution >= 0.6 is 0 Å². The summed E-state index contributed by atoms with van der Waals surface area (Å²) < 4.78 is 5.14. The van der Waals surface area contributed by atoms with Crippen LogP contribution in [0.25, 0.3) is 0 Å². The average molecular weight is 361 g/mol. The van der Waals surface area contributed by atoms with Gasteiger partial charge in [-0.2, -0.15) is 0 Å². The van der Waals surface area contributed by atoms with E-state index in [9.17, 15) is 4.79 Å². The number of ether oxygens (including phenoxy) is 1. The van der Waals surface area contributed by atoms with Crippen LogP contribution in [0.4, 0.5) is 5.69 Å². The van der Waals surface area contributed by atoms with Gasteiger partial charge in [-0.05, 0) is 29.3 Å². The summed E-state index contributed by atoms with van der Waals surface area (Å²) in [5.74, 6) is 0.650. The molecule has 0 aliphatic carbocycles. The molecule has 3 aromatic rings. The maximum Gasteiger partial charge on any atom is 0.253 e. The first-order chi connectivity index (χ1) is 13.2. The molecule has 1 amide bonds. The van der Waals surface area contributed by atoms with Gasteiger partial charge in [-0.1, -0.05) is 42.5 Å². The van der Waals surface area contributed by atoms with Crippen molar-refractivity contribution in [3.8, 4) is 5.75 Å². The number of aromatic nitrogens is 1. The minimum atomic E-state index is -0.145. The van der Waals surface area contributed by atoms with Crippen LogP contribution in [0.3, 0.4) is 0 Å². The van der Waals surface area contributed by atoms with Gasteiger partial charge in [0.05, 0.1) is 24.6 Å². The van der Waals surface area contributed by atoms with Gasteiger partial charge in [-0.15, -0.1) is 0 Å². The van der Waals surface area contributed by atoms with Gasteiger partial charge >= 0.3 is 0 Å². The molecule has 1 aromatic heterocycles. The van der Waals surface area contributed by atoms with E-state index in [0.717, 1.165) is 23.5 Å². The number of nitrogens with zero attached hydrogens (tertiary/aromatic N) is 2. The van der Waals surface area contributed by atoms with Gasteiger partial charge < -0.3 is 15.0 Å². The van der Waals surface area contributed by atoms with E-state index >= 15 is 0 Å². The molecule has 1 heterocycles. The second-order valence-corrected chi connectivity index (χ2v) is 6.30. The molecule has 0 saturated carbocycles. The zero-order valence-corrected chi connectivity index (χ0v) is 15.6. The molecule has 5 heteroatoms. The summed E-state index contributed by atoms with van der Waals surface area (Å²) in [5, 5.41) is 2.93. The minimum absolute atomic E-state index is 0.145. The van der Waals surface area contributed by atoms with Crippen molar-refractivity contribution in [1.29, 1.82) is 0 Å². The van der Waals surface area contributed by atoms with E-state index in [-0.39, 0.29) is 5.91 Å². The Hall–Kier alpha value is -3.34. The second kappa shape index (κ2) is 8.85. The quantitative estimate of drug-likeness (QED) is 0.698. The predicted molar refractivity (Wildman–Crippen MR) is 107 cm³/mol. The molecule has 5 nitrogen and oxygen atoms in total. The Morgan fingerprint density at radius 2 is 1.78 bits per heavy atom. The average Bonchev–Trinajstić information content (AvgIpc) is 2.73. The van der Waals surface area contributed by atoms with Gasteiger partial charge in [0.2, 0.25) is 0 Å². The van der Waals surface area contributed by atoms with Crippen LogP contribution in [0.5, 0.6) is 5.75 Å². The third-order valence-electron chi connectivity index (χ3n) is 4.30. The molecule has 27 heavy (non-hydrogen) atoms. The molecule has 0 aliphatic heterocycles. The van der Waals surface area contributed by atoms with E-state index in [2.05, 4.69) is 27.3 Å². The molecule has 0 bridgehead atoms. The zero-order chi connectivity index (χ0) is 19.1. The molecule has 138 valence electrons. The summed E-state index contributed by atoms with van der Waals surface area (Å²) in [6, 6.07) is 19.7. The van der Waals surface area contributed by atoms with Crippen molar-refractivity contribution < 1.29 is 9.53 Å². The Morgan fingerprint density at radius 1 is 1.04 bits per heavy atom. The van der Waals surface area contributed by atoms with Crippen molar-refractivity contribution in [2.45, 2.75) is 13.1 Å². The second-order valence-electron chi connectivity index (χ2n) is 6.30. The number of anilines is 1. The van der Waals surface area contributed by atoms with Crippen molar-refractivity contribution in [3.05, 3.63) is 89.7 Å². The highest BCUT2D eigenvalue weighted by Gasteiger charge is 2.09. The maximum absolute atomic E-state index is 12.5. The number of methoxy groups -OCH3 is 1. The lowest BCUT2D eigenvalue weighted by Crippen LogP contribution is -2.24. The lowest BCUT2D eigenvalue weighted by molar-refractivity contribution is 0.0950. The van der Waals surface area contributed by atoms with Crippen molar-refractivity contribution >= 4 is 11.6 Å². The molecule has 1 N–H and O–H groups in total. The van der Waals surface area contributed by atoms with E-state index in [0.29, 0.717) is 12.1 Å². The van der Waals surface area contributed by atoms with Crippen LogP contribution in [0.2, 0.25) is 0 Å². The molecule has 0 saturated heterocycles. The number of pyridine rings is 1. The fraction of sp³-hybridized carbons (Fsp3) is 0.182. The van der Waals surface area contributed by atoms with Gasteiger partial charge in [0.1, 0.15) is 5.75 Å². The SMILES string of the molecule is COc1ccc(CNC(=O)c2cncc(N(C)Cc3ccccc3)c2)cc1. The van der Waals surface area contributed by atoms with E-state index in [1.807, 2.05) is 55.6 Å². The van der Waals surface area contributed by atoms with Crippen molar-refractivity contribution in [2.24, 2.45) is 0 Å². The van der Waals surface area contributed by atoms with Crippen molar-refractivity contribution in [2.75, 3.05) is 19.1 Å². The summed E-state index contributed by atoms with van der Waals surface area (Å²) in [4.78, 5) is 18.8. The molecule has 2 aromatic carbocycles. The predicted octanol–water partition coefficient (Wildman–Crippen LogP) is 3.66. The third-order valence-corrected chi connectivity index (χ3v) is 4.30. The van der Waals surface area contributed by atoms with Crippen LogP contribution in [0, 0.1) is 0 Å². The molecule has 0 unspecified atom stereocenters. The fourth-order valence-corrected chi connectivity index (χ4v) is 2.74. The molecule has 0 radical (unpaired) electrons. The summed E-state index contributed by atoms with van der Waals surface area (Å²) in [7, 11) is 3.62. The van der Waals surface area contributed by atoms with Gasteiger partial charge in [-0.3, -0.25) is 9.78 Å². The van der Waals surface area contributed by atoms with Crippen molar-refractivity contribution in [3.63, 3.8) is 0 Å². The maximum atomic E-state index is 12.5. The topological polar surface area (TPSA) is 54.5 Å². The molecule has 0 spiro atoms. The highest BCUT2D eigenvalue weighted by molar-refractivity contribution is 5.94. The first kappa shape index (κ1) is 18.5. The van der Waals surface area contributed by atoms with Crippen LogP contribution in [0.15, 0.2) is 73.1 Å².